The molecular weight excluding hydrogens is 295 g/mol. The van der Waals surface area contributed by atoms with Gasteiger partial charge in [-0.2, -0.15) is 0 Å². The Bertz CT molecular complexity index is 475. The fourth-order valence-corrected chi connectivity index (χ4v) is 2.21. The van der Waals surface area contributed by atoms with E-state index in [4.69, 9.17) is 28.9 Å². The largest absolute Gasteiger partial charge is 0.338 e. The van der Waals surface area contributed by atoms with Crippen molar-refractivity contribution < 1.29 is 4.79 Å². The quantitative estimate of drug-likeness (QED) is 0.867. The summed E-state index contributed by atoms with van der Waals surface area (Å²) < 4.78 is 0. The van der Waals surface area contributed by atoms with Crippen LogP contribution < -0.4 is 5.73 Å². The molecule has 2 N–H and O–H groups in total. The first-order chi connectivity index (χ1) is 9.30. The molecule has 1 rings (SSSR count). The van der Waals surface area contributed by atoms with Gasteiger partial charge in [-0.3, -0.25) is 4.79 Å². The van der Waals surface area contributed by atoms with Gasteiger partial charge in [0.25, 0.3) is 5.91 Å². The number of halogens is 2. The van der Waals surface area contributed by atoms with Crippen molar-refractivity contribution in [1.29, 1.82) is 0 Å². The summed E-state index contributed by atoms with van der Waals surface area (Å²) >= 11 is 11.9. The molecule has 1 amide bonds. The summed E-state index contributed by atoms with van der Waals surface area (Å²) in [6, 6.07) is 4.97. The minimum atomic E-state index is -0.110. The molecule has 0 bridgehead atoms. The SMILES string of the molecule is CCCN(CC(C)(C)CN)C(=O)c1ccc(Cl)c(Cl)c1. The lowest BCUT2D eigenvalue weighted by atomic mass is 9.92. The molecule has 0 heterocycles. The Morgan fingerprint density at radius 3 is 2.45 bits per heavy atom. The van der Waals surface area contributed by atoms with E-state index >= 15 is 0 Å². The van der Waals surface area contributed by atoms with E-state index in [2.05, 4.69) is 13.8 Å². The van der Waals surface area contributed by atoms with Crippen LogP contribution in [0, 0.1) is 5.41 Å². The third-order valence-electron chi connectivity index (χ3n) is 3.12. The molecule has 1 aromatic rings. The number of rotatable bonds is 6. The van der Waals surface area contributed by atoms with Crippen LogP contribution >= 0.6 is 23.2 Å². The molecule has 0 aliphatic carbocycles. The molecule has 0 aromatic heterocycles. The van der Waals surface area contributed by atoms with Gasteiger partial charge in [-0.25, -0.2) is 0 Å². The van der Waals surface area contributed by atoms with Crippen LogP contribution in [0.4, 0.5) is 0 Å². The predicted molar refractivity (Wildman–Crippen MR) is 85.5 cm³/mol. The van der Waals surface area contributed by atoms with E-state index in [1.807, 2.05) is 11.8 Å². The Kier molecular flexibility index (Phi) is 6.31. The first-order valence-corrected chi connectivity index (χ1v) is 7.50. The predicted octanol–water partition coefficient (Wildman–Crippen LogP) is 3.83. The van der Waals surface area contributed by atoms with Crippen molar-refractivity contribution >= 4 is 29.1 Å². The Labute approximate surface area is 131 Å². The first kappa shape index (κ1) is 17.3. The average molecular weight is 317 g/mol. The summed E-state index contributed by atoms with van der Waals surface area (Å²) in [6.45, 7) is 8.00. The van der Waals surface area contributed by atoms with Gasteiger partial charge in [-0.15, -0.1) is 0 Å². The van der Waals surface area contributed by atoms with Crippen molar-refractivity contribution in [3.05, 3.63) is 33.8 Å². The minimum absolute atomic E-state index is 0.0352. The maximum absolute atomic E-state index is 12.6. The monoisotopic (exact) mass is 316 g/mol. The Morgan fingerprint density at radius 1 is 1.30 bits per heavy atom. The van der Waals surface area contributed by atoms with Crippen molar-refractivity contribution in [2.75, 3.05) is 19.6 Å². The van der Waals surface area contributed by atoms with E-state index in [-0.39, 0.29) is 11.3 Å². The van der Waals surface area contributed by atoms with Crippen molar-refractivity contribution in [1.82, 2.24) is 4.90 Å². The molecule has 0 atom stereocenters. The first-order valence-electron chi connectivity index (χ1n) is 6.75. The van der Waals surface area contributed by atoms with Gasteiger partial charge in [0.15, 0.2) is 0 Å². The van der Waals surface area contributed by atoms with Crippen molar-refractivity contribution in [3.8, 4) is 0 Å². The fourth-order valence-electron chi connectivity index (χ4n) is 1.92. The second kappa shape index (κ2) is 7.30. The maximum Gasteiger partial charge on any atom is 0.253 e. The molecule has 112 valence electrons. The summed E-state index contributed by atoms with van der Waals surface area (Å²) in [7, 11) is 0. The molecule has 1 aromatic carbocycles. The van der Waals surface area contributed by atoms with Crippen molar-refractivity contribution in [3.63, 3.8) is 0 Å². The van der Waals surface area contributed by atoms with Crippen molar-refractivity contribution in [2.45, 2.75) is 27.2 Å². The molecule has 0 radical (unpaired) electrons. The number of carbonyl (C=O) groups excluding carboxylic acids is 1. The lowest BCUT2D eigenvalue weighted by Crippen LogP contribution is -2.42. The zero-order valence-electron chi connectivity index (χ0n) is 12.2. The molecule has 0 aliphatic heterocycles. The molecule has 20 heavy (non-hydrogen) atoms. The Morgan fingerprint density at radius 2 is 1.95 bits per heavy atom. The summed E-state index contributed by atoms with van der Waals surface area (Å²) in [4.78, 5) is 14.4. The van der Waals surface area contributed by atoms with Gasteiger partial charge in [0, 0.05) is 18.7 Å². The van der Waals surface area contributed by atoms with Crippen LogP contribution in [0.25, 0.3) is 0 Å². The molecular formula is C15H22Cl2N2O. The van der Waals surface area contributed by atoms with E-state index in [1.165, 1.54) is 0 Å². The van der Waals surface area contributed by atoms with E-state index in [0.29, 0.717) is 35.2 Å². The molecule has 0 saturated heterocycles. The number of carbonyl (C=O) groups is 1. The molecule has 0 saturated carbocycles. The number of hydrogen-bond donors (Lipinski definition) is 1. The van der Waals surface area contributed by atoms with E-state index in [1.54, 1.807) is 18.2 Å². The van der Waals surface area contributed by atoms with E-state index < -0.39 is 0 Å². The normalized spacial score (nSPS) is 11.5. The van der Waals surface area contributed by atoms with Crippen LogP contribution in [-0.2, 0) is 0 Å². The van der Waals surface area contributed by atoms with Crippen LogP contribution in [0.2, 0.25) is 10.0 Å². The van der Waals surface area contributed by atoms with Gasteiger partial charge >= 0.3 is 0 Å². The molecule has 3 nitrogen and oxygen atoms in total. The summed E-state index contributed by atoms with van der Waals surface area (Å²) in [6.07, 6.45) is 0.897. The highest BCUT2D eigenvalue weighted by molar-refractivity contribution is 6.42. The van der Waals surface area contributed by atoms with Gasteiger partial charge in [0.05, 0.1) is 10.0 Å². The van der Waals surface area contributed by atoms with E-state index in [0.717, 1.165) is 6.42 Å². The Hall–Kier alpha value is -0.770. The summed E-state index contributed by atoms with van der Waals surface area (Å²) in [5.74, 6) is -0.0352. The highest BCUT2D eigenvalue weighted by atomic mass is 35.5. The average Bonchev–Trinajstić information content (AvgIpc) is 2.40. The summed E-state index contributed by atoms with van der Waals surface area (Å²) in [5.41, 5.74) is 6.20. The molecule has 0 unspecified atom stereocenters. The van der Waals surface area contributed by atoms with Gasteiger partial charge in [0.2, 0.25) is 0 Å². The zero-order chi connectivity index (χ0) is 15.3. The number of nitrogens with two attached hydrogens (primary N) is 1. The number of benzene rings is 1. The standard InChI is InChI=1S/C15H22Cl2N2O/c1-4-7-19(10-15(2,3)9-18)14(20)11-5-6-12(16)13(17)8-11/h5-6,8H,4,7,9-10,18H2,1-3H3. The van der Waals surface area contributed by atoms with Crippen LogP contribution in [0.15, 0.2) is 18.2 Å². The molecule has 0 aliphatic rings. The van der Waals surface area contributed by atoms with Gasteiger partial charge in [-0.05, 0) is 36.6 Å². The molecule has 0 spiro atoms. The highest BCUT2D eigenvalue weighted by Crippen LogP contribution is 2.24. The third-order valence-corrected chi connectivity index (χ3v) is 3.86. The number of hydrogen-bond acceptors (Lipinski definition) is 2. The zero-order valence-corrected chi connectivity index (χ0v) is 13.8. The lowest BCUT2D eigenvalue weighted by molar-refractivity contribution is 0.0689. The Balaban J connectivity index is 2.96. The lowest BCUT2D eigenvalue weighted by Gasteiger charge is -2.31. The maximum atomic E-state index is 12.6. The van der Waals surface area contributed by atoms with Crippen molar-refractivity contribution in [2.24, 2.45) is 11.1 Å². The number of amides is 1. The van der Waals surface area contributed by atoms with Crippen LogP contribution in [0.3, 0.4) is 0 Å². The highest BCUT2D eigenvalue weighted by Gasteiger charge is 2.24. The third kappa shape index (κ3) is 4.65. The number of nitrogens with zero attached hydrogens (tertiary/aromatic N) is 1. The van der Waals surface area contributed by atoms with Gasteiger partial charge in [-0.1, -0.05) is 44.0 Å². The van der Waals surface area contributed by atoms with E-state index in [9.17, 15) is 4.79 Å². The van der Waals surface area contributed by atoms with Crippen LogP contribution in [0.1, 0.15) is 37.6 Å². The summed E-state index contributed by atoms with van der Waals surface area (Å²) in [5, 5.41) is 0.847. The molecule has 0 fully saturated rings. The van der Waals surface area contributed by atoms with Gasteiger partial charge < -0.3 is 10.6 Å². The van der Waals surface area contributed by atoms with Crippen LogP contribution in [-0.4, -0.2) is 30.4 Å². The smallest absolute Gasteiger partial charge is 0.253 e. The molecule has 5 heteroatoms. The van der Waals surface area contributed by atoms with Crippen LogP contribution in [0.5, 0.6) is 0 Å². The second-order valence-corrected chi connectivity index (χ2v) is 6.54. The topological polar surface area (TPSA) is 46.3 Å². The van der Waals surface area contributed by atoms with Gasteiger partial charge in [0.1, 0.15) is 0 Å². The second-order valence-electron chi connectivity index (χ2n) is 5.72. The minimum Gasteiger partial charge on any atom is -0.338 e. The fraction of sp³-hybridized carbons (Fsp3) is 0.533.